The van der Waals surface area contributed by atoms with Gasteiger partial charge >= 0.3 is 0 Å². The summed E-state index contributed by atoms with van der Waals surface area (Å²) in [6.45, 7) is 0.135. The number of ether oxygens (including phenoxy) is 1. The number of anilines is 1. The first-order valence-corrected chi connectivity index (χ1v) is 7.96. The fourth-order valence-electron chi connectivity index (χ4n) is 1.81. The number of nitrogen functional groups attached to an aromatic ring is 1. The molecule has 0 atom stereocenters. The molecular weight excluding hydrogens is 312 g/mol. The number of benzene rings is 2. The van der Waals surface area contributed by atoms with Gasteiger partial charge in [-0.1, -0.05) is 23.7 Å². The van der Waals surface area contributed by atoms with E-state index < -0.39 is 10.0 Å². The van der Waals surface area contributed by atoms with Gasteiger partial charge in [-0.2, -0.15) is 0 Å². The van der Waals surface area contributed by atoms with E-state index in [0.717, 1.165) is 5.56 Å². The first kappa shape index (κ1) is 15.6. The summed E-state index contributed by atoms with van der Waals surface area (Å²) in [7, 11) is -2.31. The molecule has 0 aliphatic heterocycles. The molecule has 0 unspecified atom stereocenters. The Kier molecular flexibility index (Phi) is 4.72. The minimum atomic E-state index is -3.70. The Morgan fingerprint density at radius 3 is 2.67 bits per heavy atom. The largest absolute Gasteiger partial charge is 0.495 e. The summed E-state index contributed by atoms with van der Waals surface area (Å²) in [5.74, 6) is 0.202. The van der Waals surface area contributed by atoms with Crippen LogP contribution in [0.5, 0.6) is 5.75 Å². The highest BCUT2D eigenvalue weighted by molar-refractivity contribution is 7.89. The van der Waals surface area contributed by atoms with E-state index in [1.54, 1.807) is 24.3 Å². The van der Waals surface area contributed by atoms with E-state index in [1.165, 1.54) is 25.3 Å². The van der Waals surface area contributed by atoms with E-state index in [2.05, 4.69) is 4.72 Å². The lowest BCUT2D eigenvalue weighted by molar-refractivity contribution is 0.402. The van der Waals surface area contributed by atoms with E-state index in [0.29, 0.717) is 10.7 Å². The molecule has 0 saturated heterocycles. The zero-order chi connectivity index (χ0) is 15.5. The number of sulfonamides is 1. The fraction of sp³-hybridized carbons (Fsp3) is 0.143. The molecule has 3 N–H and O–H groups in total. The van der Waals surface area contributed by atoms with Gasteiger partial charge in [0.2, 0.25) is 10.0 Å². The molecule has 0 aliphatic carbocycles. The van der Waals surface area contributed by atoms with Crippen LogP contribution in [0.4, 0.5) is 5.69 Å². The number of nitrogens with two attached hydrogens (primary N) is 1. The number of halogens is 1. The average molecular weight is 327 g/mol. The number of nitrogens with one attached hydrogen (secondary N) is 1. The second-order valence-corrected chi connectivity index (χ2v) is 6.54. The molecule has 0 fully saturated rings. The Bertz CT molecular complexity index is 748. The molecule has 0 saturated carbocycles. The zero-order valence-corrected chi connectivity index (χ0v) is 12.9. The normalized spacial score (nSPS) is 11.3. The lowest BCUT2D eigenvalue weighted by Gasteiger charge is -2.11. The molecule has 0 heterocycles. The van der Waals surface area contributed by atoms with Gasteiger partial charge in [-0.05, 0) is 29.8 Å². The van der Waals surface area contributed by atoms with Gasteiger partial charge in [0, 0.05) is 23.3 Å². The van der Waals surface area contributed by atoms with Gasteiger partial charge in [0.25, 0.3) is 0 Å². The second kappa shape index (κ2) is 6.34. The van der Waals surface area contributed by atoms with Crippen molar-refractivity contribution in [3.63, 3.8) is 0 Å². The van der Waals surface area contributed by atoms with Crippen LogP contribution in [-0.2, 0) is 16.6 Å². The minimum Gasteiger partial charge on any atom is -0.495 e. The van der Waals surface area contributed by atoms with Crippen LogP contribution in [0, 0.1) is 0 Å². The molecule has 21 heavy (non-hydrogen) atoms. The first-order valence-electron chi connectivity index (χ1n) is 6.10. The molecule has 2 aromatic rings. The molecule has 5 nitrogen and oxygen atoms in total. The van der Waals surface area contributed by atoms with Crippen LogP contribution >= 0.6 is 11.6 Å². The van der Waals surface area contributed by atoms with Gasteiger partial charge in [-0.15, -0.1) is 0 Å². The van der Waals surface area contributed by atoms with E-state index in [1.807, 2.05) is 0 Å². The van der Waals surface area contributed by atoms with Gasteiger partial charge in [0.05, 0.1) is 7.11 Å². The Morgan fingerprint density at radius 2 is 2.00 bits per heavy atom. The van der Waals surface area contributed by atoms with Crippen LogP contribution in [0.15, 0.2) is 47.4 Å². The molecule has 7 heteroatoms. The Labute approximate surface area is 128 Å². The molecule has 0 amide bonds. The van der Waals surface area contributed by atoms with Gasteiger partial charge < -0.3 is 10.5 Å². The molecule has 0 radical (unpaired) electrons. The molecule has 0 spiro atoms. The third kappa shape index (κ3) is 3.87. The van der Waals surface area contributed by atoms with E-state index >= 15 is 0 Å². The van der Waals surface area contributed by atoms with E-state index in [-0.39, 0.29) is 17.2 Å². The van der Waals surface area contributed by atoms with Crippen LogP contribution in [0.2, 0.25) is 5.02 Å². The van der Waals surface area contributed by atoms with Crippen molar-refractivity contribution >= 4 is 27.3 Å². The second-order valence-electron chi connectivity index (χ2n) is 4.36. The maximum atomic E-state index is 12.3. The summed E-state index contributed by atoms with van der Waals surface area (Å²) < 4.78 is 32.2. The van der Waals surface area contributed by atoms with Crippen LogP contribution in [0.1, 0.15) is 5.56 Å². The van der Waals surface area contributed by atoms with E-state index in [9.17, 15) is 8.42 Å². The van der Waals surface area contributed by atoms with Crippen LogP contribution in [0.3, 0.4) is 0 Å². The number of hydrogen-bond acceptors (Lipinski definition) is 4. The topological polar surface area (TPSA) is 81.4 Å². The highest BCUT2D eigenvalue weighted by Crippen LogP contribution is 2.26. The summed E-state index contributed by atoms with van der Waals surface area (Å²) in [6, 6.07) is 11.4. The van der Waals surface area contributed by atoms with Crippen LogP contribution < -0.4 is 15.2 Å². The van der Waals surface area contributed by atoms with Crippen LogP contribution in [0.25, 0.3) is 0 Å². The van der Waals surface area contributed by atoms with Gasteiger partial charge in [0.15, 0.2) is 0 Å². The van der Waals surface area contributed by atoms with Crippen molar-refractivity contribution in [1.29, 1.82) is 0 Å². The van der Waals surface area contributed by atoms with E-state index in [4.69, 9.17) is 22.1 Å². The van der Waals surface area contributed by atoms with Crippen molar-refractivity contribution in [3.8, 4) is 5.75 Å². The van der Waals surface area contributed by atoms with Crippen molar-refractivity contribution in [2.45, 2.75) is 11.4 Å². The molecular formula is C14H15ClN2O3S. The predicted octanol–water partition coefficient (Wildman–Crippen LogP) is 2.41. The number of hydrogen-bond donors (Lipinski definition) is 2. The lowest BCUT2D eigenvalue weighted by Crippen LogP contribution is -2.23. The molecule has 112 valence electrons. The molecule has 0 bridgehead atoms. The Balaban J connectivity index is 2.23. The monoisotopic (exact) mass is 326 g/mol. The summed E-state index contributed by atoms with van der Waals surface area (Å²) in [6.07, 6.45) is 0. The summed E-state index contributed by atoms with van der Waals surface area (Å²) in [5.41, 5.74) is 6.81. The number of methoxy groups -OCH3 is 1. The van der Waals surface area contributed by atoms with Crippen molar-refractivity contribution < 1.29 is 13.2 Å². The molecule has 2 aromatic carbocycles. The average Bonchev–Trinajstić information content (AvgIpc) is 2.45. The standard InChI is InChI=1S/C14H15ClN2O3S/c1-20-13-8-12(16)5-6-14(13)21(18,19)17-9-10-3-2-4-11(15)7-10/h2-8,17H,9,16H2,1H3. The third-order valence-electron chi connectivity index (χ3n) is 2.83. The highest BCUT2D eigenvalue weighted by Gasteiger charge is 2.19. The maximum Gasteiger partial charge on any atom is 0.244 e. The minimum absolute atomic E-state index is 0.0428. The van der Waals surface area contributed by atoms with Gasteiger partial charge in [-0.3, -0.25) is 0 Å². The maximum absolute atomic E-state index is 12.3. The smallest absolute Gasteiger partial charge is 0.244 e. The van der Waals surface area contributed by atoms with Crippen molar-refractivity contribution in [3.05, 3.63) is 53.1 Å². The van der Waals surface area contributed by atoms with Crippen molar-refractivity contribution in [2.24, 2.45) is 0 Å². The number of rotatable bonds is 5. The fourth-order valence-corrected chi connectivity index (χ4v) is 3.19. The predicted molar refractivity (Wildman–Crippen MR) is 82.9 cm³/mol. The van der Waals surface area contributed by atoms with Crippen molar-refractivity contribution in [1.82, 2.24) is 4.72 Å². The summed E-state index contributed by atoms with van der Waals surface area (Å²) >= 11 is 5.87. The third-order valence-corrected chi connectivity index (χ3v) is 4.51. The highest BCUT2D eigenvalue weighted by atomic mass is 35.5. The quantitative estimate of drug-likeness (QED) is 0.827. The molecule has 0 aliphatic rings. The molecule has 0 aromatic heterocycles. The first-order chi connectivity index (χ1) is 9.92. The lowest BCUT2D eigenvalue weighted by atomic mass is 10.2. The Hall–Kier alpha value is -1.76. The molecule has 2 rings (SSSR count). The Morgan fingerprint density at radius 1 is 1.24 bits per heavy atom. The summed E-state index contributed by atoms with van der Waals surface area (Å²) in [5, 5.41) is 0.553. The SMILES string of the molecule is COc1cc(N)ccc1S(=O)(=O)NCc1cccc(Cl)c1. The van der Waals surface area contributed by atoms with Gasteiger partial charge in [0.1, 0.15) is 10.6 Å². The van der Waals surface area contributed by atoms with Crippen LogP contribution in [-0.4, -0.2) is 15.5 Å². The summed E-state index contributed by atoms with van der Waals surface area (Å²) in [4.78, 5) is 0.0428. The van der Waals surface area contributed by atoms with Gasteiger partial charge in [-0.25, -0.2) is 13.1 Å². The zero-order valence-electron chi connectivity index (χ0n) is 11.3. The van der Waals surface area contributed by atoms with Crippen molar-refractivity contribution in [2.75, 3.05) is 12.8 Å².